The normalized spacial score (nSPS) is 10.1. The Morgan fingerprint density at radius 3 is 2.65 bits per heavy atom. The van der Waals surface area contributed by atoms with Gasteiger partial charge in [0.05, 0.1) is 29.6 Å². The lowest BCUT2D eigenvalue weighted by molar-refractivity contribution is -0.136. The number of carbonyl (C=O) groups is 2. The van der Waals surface area contributed by atoms with Crippen molar-refractivity contribution in [3.05, 3.63) is 53.9 Å². The molecule has 0 saturated carbocycles. The zero-order chi connectivity index (χ0) is 14.5. The van der Waals surface area contributed by atoms with Crippen LogP contribution in [0.1, 0.15) is 16.1 Å². The van der Waals surface area contributed by atoms with Crippen molar-refractivity contribution in [3.8, 4) is 0 Å². The van der Waals surface area contributed by atoms with Gasteiger partial charge < -0.3 is 10.4 Å². The van der Waals surface area contributed by atoms with E-state index in [4.69, 9.17) is 5.11 Å². The molecule has 7 heteroatoms. The first-order valence-corrected chi connectivity index (χ1v) is 5.65. The molecule has 0 unspecified atom stereocenters. The highest BCUT2D eigenvalue weighted by molar-refractivity contribution is 6.04. The van der Waals surface area contributed by atoms with Gasteiger partial charge in [-0.25, -0.2) is 4.98 Å². The Kier molecular flexibility index (Phi) is 3.99. The fourth-order valence-electron chi connectivity index (χ4n) is 1.51. The molecule has 0 aromatic carbocycles. The van der Waals surface area contributed by atoms with Crippen LogP contribution in [0.5, 0.6) is 0 Å². The number of carbonyl (C=O) groups excluding carboxylic acids is 1. The lowest BCUT2D eigenvalue weighted by Crippen LogP contribution is -2.14. The first-order chi connectivity index (χ1) is 9.56. The molecule has 0 aliphatic rings. The van der Waals surface area contributed by atoms with Gasteiger partial charge in [-0.3, -0.25) is 14.6 Å². The Labute approximate surface area is 113 Å². The minimum absolute atomic E-state index is 0.179. The summed E-state index contributed by atoms with van der Waals surface area (Å²) in [6, 6.07) is 5.73. The number of carboxylic acids is 1. The van der Waals surface area contributed by atoms with Gasteiger partial charge >= 0.3 is 5.97 Å². The summed E-state index contributed by atoms with van der Waals surface area (Å²) < 4.78 is 13.3. The van der Waals surface area contributed by atoms with E-state index in [0.29, 0.717) is 11.4 Å². The van der Waals surface area contributed by atoms with Crippen LogP contribution in [0.4, 0.5) is 10.1 Å². The second-order valence-electron chi connectivity index (χ2n) is 3.90. The van der Waals surface area contributed by atoms with Gasteiger partial charge in [0.1, 0.15) is 0 Å². The van der Waals surface area contributed by atoms with Gasteiger partial charge in [0, 0.05) is 6.20 Å². The first kappa shape index (κ1) is 13.6. The highest BCUT2D eigenvalue weighted by atomic mass is 19.1. The average molecular weight is 275 g/mol. The number of amides is 1. The number of rotatable bonds is 4. The molecule has 2 aromatic rings. The lowest BCUT2D eigenvalue weighted by Gasteiger charge is -2.05. The Bertz CT molecular complexity index is 644. The van der Waals surface area contributed by atoms with Gasteiger partial charge in [-0.2, -0.15) is 4.39 Å². The summed E-state index contributed by atoms with van der Waals surface area (Å²) in [5.74, 6) is -2.50. The zero-order valence-corrected chi connectivity index (χ0v) is 10.2. The molecular formula is C13H10FN3O3. The molecule has 2 rings (SSSR count). The van der Waals surface area contributed by atoms with Crippen LogP contribution >= 0.6 is 0 Å². The molecule has 0 fully saturated rings. The van der Waals surface area contributed by atoms with Crippen molar-refractivity contribution in [3.63, 3.8) is 0 Å². The standard InChI is InChI=1S/C13H10FN3O3/c14-12-10(2-1-5-15-12)13(20)17-9-4-3-8(16-7-9)6-11(18)19/h1-5,7H,6H2,(H,17,20)(H,18,19). The summed E-state index contributed by atoms with van der Waals surface area (Å²) in [7, 11) is 0. The molecule has 6 nitrogen and oxygen atoms in total. The second kappa shape index (κ2) is 5.87. The molecule has 0 saturated heterocycles. The van der Waals surface area contributed by atoms with E-state index in [0.717, 1.165) is 0 Å². The van der Waals surface area contributed by atoms with Crippen LogP contribution in [-0.4, -0.2) is 27.0 Å². The van der Waals surface area contributed by atoms with Crippen molar-refractivity contribution >= 4 is 17.6 Å². The third kappa shape index (κ3) is 3.35. The van der Waals surface area contributed by atoms with Crippen LogP contribution in [0.2, 0.25) is 0 Å². The molecule has 0 atom stereocenters. The first-order valence-electron chi connectivity index (χ1n) is 5.65. The summed E-state index contributed by atoms with van der Waals surface area (Å²) in [5.41, 5.74) is 0.526. The fourth-order valence-corrected chi connectivity index (χ4v) is 1.51. The third-order valence-corrected chi connectivity index (χ3v) is 2.42. The quantitative estimate of drug-likeness (QED) is 0.825. The second-order valence-corrected chi connectivity index (χ2v) is 3.90. The molecule has 1 amide bonds. The zero-order valence-electron chi connectivity index (χ0n) is 10.2. The predicted octanol–water partition coefficient (Wildman–Crippen LogP) is 1.50. The molecule has 2 heterocycles. The monoisotopic (exact) mass is 275 g/mol. The number of aliphatic carboxylic acids is 1. The highest BCUT2D eigenvalue weighted by Gasteiger charge is 2.12. The third-order valence-electron chi connectivity index (χ3n) is 2.42. The Morgan fingerprint density at radius 1 is 1.25 bits per heavy atom. The van der Waals surface area contributed by atoms with Crippen molar-refractivity contribution in [1.82, 2.24) is 9.97 Å². The van der Waals surface area contributed by atoms with Crippen molar-refractivity contribution in [2.75, 3.05) is 5.32 Å². The maximum Gasteiger partial charge on any atom is 0.309 e. The van der Waals surface area contributed by atoms with Gasteiger partial charge in [-0.1, -0.05) is 0 Å². The largest absolute Gasteiger partial charge is 0.481 e. The Balaban J connectivity index is 2.09. The Hall–Kier alpha value is -2.83. The van der Waals surface area contributed by atoms with E-state index < -0.39 is 17.8 Å². The molecule has 102 valence electrons. The number of hydrogen-bond donors (Lipinski definition) is 2. The van der Waals surface area contributed by atoms with E-state index in [9.17, 15) is 14.0 Å². The average Bonchev–Trinajstić information content (AvgIpc) is 2.41. The summed E-state index contributed by atoms with van der Waals surface area (Å²) in [4.78, 5) is 29.5. The Morgan fingerprint density at radius 2 is 2.05 bits per heavy atom. The fraction of sp³-hybridized carbons (Fsp3) is 0.0769. The number of nitrogens with zero attached hydrogens (tertiary/aromatic N) is 2. The molecule has 0 radical (unpaired) electrons. The van der Waals surface area contributed by atoms with Crippen molar-refractivity contribution in [1.29, 1.82) is 0 Å². The molecular weight excluding hydrogens is 265 g/mol. The van der Waals surface area contributed by atoms with E-state index >= 15 is 0 Å². The van der Waals surface area contributed by atoms with Crippen LogP contribution in [0.25, 0.3) is 0 Å². The molecule has 0 spiro atoms. The lowest BCUT2D eigenvalue weighted by atomic mass is 10.2. The van der Waals surface area contributed by atoms with Gasteiger partial charge in [0.2, 0.25) is 5.95 Å². The SMILES string of the molecule is O=C(O)Cc1ccc(NC(=O)c2cccnc2F)cn1. The topological polar surface area (TPSA) is 92.2 Å². The number of carboxylic acid groups (broad SMARTS) is 1. The number of pyridine rings is 2. The molecule has 2 aromatic heterocycles. The number of aromatic nitrogens is 2. The van der Waals surface area contributed by atoms with E-state index in [1.54, 1.807) is 0 Å². The smallest absolute Gasteiger partial charge is 0.309 e. The summed E-state index contributed by atoms with van der Waals surface area (Å²) in [6.07, 6.45) is 2.35. The minimum Gasteiger partial charge on any atom is -0.481 e. The van der Waals surface area contributed by atoms with Crippen molar-refractivity contribution < 1.29 is 19.1 Å². The van der Waals surface area contributed by atoms with Crippen LogP contribution in [0.15, 0.2) is 36.7 Å². The minimum atomic E-state index is -0.994. The summed E-state index contributed by atoms with van der Waals surface area (Å²) >= 11 is 0. The number of anilines is 1. The van der Waals surface area contributed by atoms with Crippen LogP contribution in [0.3, 0.4) is 0 Å². The van der Waals surface area contributed by atoms with Gasteiger partial charge in [-0.05, 0) is 24.3 Å². The van der Waals surface area contributed by atoms with Gasteiger partial charge in [0.25, 0.3) is 5.91 Å². The van der Waals surface area contributed by atoms with Crippen LogP contribution in [0, 0.1) is 5.95 Å². The molecule has 2 N–H and O–H groups in total. The van der Waals surface area contributed by atoms with Crippen LogP contribution < -0.4 is 5.32 Å². The van der Waals surface area contributed by atoms with E-state index in [1.165, 1.54) is 36.7 Å². The van der Waals surface area contributed by atoms with E-state index in [1.807, 2.05) is 0 Å². The highest BCUT2D eigenvalue weighted by Crippen LogP contribution is 2.10. The van der Waals surface area contributed by atoms with Gasteiger partial charge in [0.15, 0.2) is 0 Å². The van der Waals surface area contributed by atoms with E-state index in [2.05, 4.69) is 15.3 Å². The summed E-state index contributed by atoms with van der Waals surface area (Å²) in [6.45, 7) is 0. The van der Waals surface area contributed by atoms with Crippen LogP contribution in [-0.2, 0) is 11.2 Å². The molecule has 0 aliphatic carbocycles. The molecule has 20 heavy (non-hydrogen) atoms. The molecule has 0 aliphatic heterocycles. The number of halogens is 1. The van der Waals surface area contributed by atoms with E-state index in [-0.39, 0.29) is 12.0 Å². The van der Waals surface area contributed by atoms with Crippen molar-refractivity contribution in [2.45, 2.75) is 6.42 Å². The number of hydrogen-bond acceptors (Lipinski definition) is 4. The maximum absolute atomic E-state index is 13.3. The van der Waals surface area contributed by atoms with Gasteiger partial charge in [-0.15, -0.1) is 0 Å². The predicted molar refractivity (Wildman–Crippen MR) is 67.7 cm³/mol. The van der Waals surface area contributed by atoms with Crippen molar-refractivity contribution in [2.24, 2.45) is 0 Å². The number of nitrogens with one attached hydrogen (secondary N) is 1. The summed E-state index contributed by atoms with van der Waals surface area (Å²) in [5, 5.41) is 11.1. The maximum atomic E-state index is 13.3. The molecule has 0 bridgehead atoms.